The van der Waals surface area contributed by atoms with Crippen LogP contribution < -0.4 is 5.73 Å². The third-order valence-electron chi connectivity index (χ3n) is 5.08. The fraction of sp³-hybridized carbons (Fsp3) is 1.00. The molecule has 0 aromatic rings. The number of hydrogen-bond acceptors (Lipinski definition) is 1. The molecule has 88 valence electrons. The van der Waals surface area contributed by atoms with Crippen LogP contribution in [-0.2, 0) is 0 Å². The van der Waals surface area contributed by atoms with Crippen LogP contribution in [0.5, 0.6) is 0 Å². The van der Waals surface area contributed by atoms with Gasteiger partial charge in [0.05, 0.1) is 0 Å². The van der Waals surface area contributed by atoms with Crippen molar-refractivity contribution in [2.75, 3.05) is 6.54 Å². The van der Waals surface area contributed by atoms with Gasteiger partial charge in [-0.2, -0.15) is 0 Å². The number of nitrogens with two attached hydrogens (primary N) is 1. The maximum Gasteiger partial charge on any atom is -0.00771 e. The smallest absolute Gasteiger partial charge is 0.00771 e. The molecule has 0 radical (unpaired) electrons. The molecule has 4 saturated carbocycles. The predicted molar refractivity (Wildman–Crippen MR) is 66.1 cm³/mol. The van der Waals surface area contributed by atoms with Crippen molar-refractivity contribution >= 4 is 12.4 Å². The molecule has 4 aliphatic rings. The Kier molecular flexibility index (Phi) is 3.33. The van der Waals surface area contributed by atoms with Gasteiger partial charge in [0, 0.05) is 0 Å². The minimum Gasteiger partial charge on any atom is -0.330 e. The first kappa shape index (κ1) is 11.7. The van der Waals surface area contributed by atoms with Crippen molar-refractivity contribution in [3.05, 3.63) is 0 Å². The van der Waals surface area contributed by atoms with Gasteiger partial charge in [0.15, 0.2) is 0 Å². The Balaban J connectivity index is 0.000000853. The molecule has 4 rings (SSSR count). The summed E-state index contributed by atoms with van der Waals surface area (Å²) in [5.41, 5.74) is 6.43. The lowest BCUT2D eigenvalue weighted by Crippen LogP contribution is -2.46. The molecule has 4 aliphatic carbocycles. The Hall–Kier alpha value is 0.250. The summed E-state index contributed by atoms with van der Waals surface area (Å²) >= 11 is 0. The van der Waals surface area contributed by atoms with E-state index < -0.39 is 0 Å². The van der Waals surface area contributed by atoms with E-state index >= 15 is 0 Å². The third-order valence-corrected chi connectivity index (χ3v) is 5.08. The zero-order chi connectivity index (χ0) is 9.60. The van der Waals surface area contributed by atoms with Gasteiger partial charge >= 0.3 is 0 Å². The molecule has 0 aromatic heterocycles. The summed E-state index contributed by atoms with van der Waals surface area (Å²) in [5.74, 6) is 3.33. The zero-order valence-corrected chi connectivity index (χ0v) is 10.4. The van der Waals surface area contributed by atoms with Crippen molar-refractivity contribution < 1.29 is 0 Å². The fourth-order valence-electron chi connectivity index (χ4n) is 5.07. The second kappa shape index (κ2) is 4.25. The normalized spacial score (nSPS) is 46.6. The molecule has 2 N–H and O–H groups in total. The minimum atomic E-state index is 0. The molecule has 0 amide bonds. The Morgan fingerprint density at radius 3 is 1.80 bits per heavy atom. The quantitative estimate of drug-likeness (QED) is 0.789. The lowest BCUT2D eigenvalue weighted by Gasteiger charge is -2.57. The molecule has 0 atom stereocenters. The van der Waals surface area contributed by atoms with E-state index in [1.54, 1.807) is 38.5 Å². The molecular formula is C13H24ClN. The average Bonchev–Trinajstić information content (AvgIpc) is 2.12. The first-order valence-electron chi connectivity index (χ1n) is 6.50. The summed E-state index contributed by atoms with van der Waals surface area (Å²) < 4.78 is 0. The van der Waals surface area contributed by atoms with Crippen molar-refractivity contribution in [2.45, 2.75) is 51.4 Å². The lowest BCUT2D eigenvalue weighted by atomic mass is 9.48. The van der Waals surface area contributed by atoms with Crippen molar-refractivity contribution in [1.29, 1.82) is 0 Å². The Bertz CT molecular complexity index is 191. The Morgan fingerprint density at radius 1 is 0.933 bits per heavy atom. The van der Waals surface area contributed by atoms with Gasteiger partial charge in [0.2, 0.25) is 0 Å². The molecule has 1 nitrogen and oxygen atoms in total. The second-order valence-corrected chi connectivity index (χ2v) is 6.31. The summed E-state index contributed by atoms with van der Waals surface area (Å²) in [6, 6.07) is 0. The van der Waals surface area contributed by atoms with Crippen LogP contribution in [0, 0.1) is 23.2 Å². The highest BCUT2D eigenvalue weighted by Gasteiger charge is 2.50. The maximum atomic E-state index is 5.66. The lowest BCUT2D eigenvalue weighted by molar-refractivity contribution is -0.0577. The number of rotatable bonds is 3. The van der Waals surface area contributed by atoms with E-state index in [2.05, 4.69) is 0 Å². The van der Waals surface area contributed by atoms with Crippen LogP contribution in [-0.4, -0.2) is 6.54 Å². The highest BCUT2D eigenvalue weighted by Crippen LogP contribution is 2.61. The topological polar surface area (TPSA) is 26.0 Å². The van der Waals surface area contributed by atoms with E-state index in [0.29, 0.717) is 0 Å². The van der Waals surface area contributed by atoms with E-state index in [1.807, 2.05) is 0 Å². The van der Waals surface area contributed by atoms with Crippen LogP contribution >= 0.6 is 12.4 Å². The molecule has 2 heteroatoms. The zero-order valence-electron chi connectivity index (χ0n) is 9.58. The fourth-order valence-corrected chi connectivity index (χ4v) is 5.07. The number of halogens is 1. The molecule has 0 saturated heterocycles. The molecular weight excluding hydrogens is 206 g/mol. The predicted octanol–water partition coefficient (Wildman–Crippen LogP) is 3.36. The summed E-state index contributed by atoms with van der Waals surface area (Å²) in [4.78, 5) is 0. The third kappa shape index (κ3) is 2.06. The molecule has 0 heterocycles. The van der Waals surface area contributed by atoms with Crippen LogP contribution in [0.4, 0.5) is 0 Å². The van der Waals surface area contributed by atoms with Crippen LogP contribution in [0.25, 0.3) is 0 Å². The van der Waals surface area contributed by atoms with Crippen LogP contribution in [0.2, 0.25) is 0 Å². The molecule has 0 aromatic carbocycles. The first-order valence-corrected chi connectivity index (χ1v) is 6.50. The van der Waals surface area contributed by atoms with Gasteiger partial charge in [-0.1, -0.05) is 0 Å². The van der Waals surface area contributed by atoms with Gasteiger partial charge in [-0.25, -0.2) is 0 Å². The van der Waals surface area contributed by atoms with Crippen molar-refractivity contribution in [3.8, 4) is 0 Å². The molecule has 0 unspecified atom stereocenters. The largest absolute Gasteiger partial charge is 0.330 e. The highest BCUT2D eigenvalue weighted by molar-refractivity contribution is 5.85. The summed E-state index contributed by atoms with van der Waals surface area (Å²) in [5, 5.41) is 0. The van der Waals surface area contributed by atoms with Gasteiger partial charge in [-0.05, 0) is 81.1 Å². The molecule has 0 aliphatic heterocycles. The monoisotopic (exact) mass is 229 g/mol. The van der Waals surface area contributed by atoms with E-state index in [1.165, 1.54) is 12.8 Å². The van der Waals surface area contributed by atoms with Crippen molar-refractivity contribution in [2.24, 2.45) is 28.9 Å². The average molecular weight is 230 g/mol. The molecule has 0 spiro atoms. The van der Waals surface area contributed by atoms with Crippen molar-refractivity contribution in [1.82, 2.24) is 0 Å². The van der Waals surface area contributed by atoms with E-state index in [9.17, 15) is 0 Å². The summed E-state index contributed by atoms with van der Waals surface area (Å²) in [6.07, 6.45) is 12.1. The highest BCUT2D eigenvalue weighted by atomic mass is 35.5. The standard InChI is InChI=1S/C13H23N.ClH/c14-3-1-2-13-7-10-4-11(8-13)6-12(5-10)9-13;/h10-12H,1-9,14H2;1H. The minimum absolute atomic E-state index is 0. The Morgan fingerprint density at radius 2 is 1.40 bits per heavy atom. The van der Waals surface area contributed by atoms with Gasteiger partial charge in [0.1, 0.15) is 0 Å². The first-order chi connectivity index (χ1) is 6.80. The second-order valence-electron chi connectivity index (χ2n) is 6.31. The van der Waals surface area contributed by atoms with E-state index in [0.717, 1.165) is 29.7 Å². The van der Waals surface area contributed by atoms with E-state index in [4.69, 9.17) is 5.73 Å². The van der Waals surface area contributed by atoms with Crippen LogP contribution in [0.3, 0.4) is 0 Å². The SMILES string of the molecule is Cl.NCCCC12CC3CC(CC(C3)C1)C2. The molecule has 4 bridgehead atoms. The van der Waals surface area contributed by atoms with Gasteiger partial charge in [-0.3, -0.25) is 0 Å². The summed E-state index contributed by atoms with van der Waals surface area (Å²) in [6.45, 7) is 0.905. The van der Waals surface area contributed by atoms with Crippen LogP contribution in [0.1, 0.15) is 51.4 Å². The number of hydrogen-bond donors (Lipinski definition) is 1. The Labute approximate surface area is 99.6 Å². The van der Waals surface area contributed by atoms with Crippen molar-refractivity contribution in [3.63, 3.8) is 0 Å². The summed E-state index contributed by atoms with van der Waals surface area (Å²) in [7, 11) is 0. The van der Waals surface area contributed by atoms with E-state index in [-0.39, 0.29) is 12.4 Å². The molecule has 15 heavy (non-hydrogen) atoms. The van der Waals surface area contributed by atoms with Gasteiger partial charge < -0.3 is 5.73 Å². The molecule has 4 fully saturated rings. The van der Waals surface area contributed by atoms with Crippen LogP contribution in [0.15, 0.2) is 0 Å². The van der Waals surface area contributed by atoms with Gasteiger partial charge in [-0.15, -0.1) is 12.4 Å². The van der Waals surface area contributed by atoms with Gasteiger partial charge in [0.25, 0.3) is 0 Å². The maximum absolute atomic E-state index is 5.66.